The highest BCUT2D eigenvalue weighted by atomic mass is 19.1. The van der Waals surface area contributed by atoms with Gasteiger partial charge in [0.05, 0.1) is 7.11 Å². The molecule has 0 heterocycles. The van der Waals surface area contributed by atoms with Gasteiger partial charge in [-0.05, 0) is 24.1 Å². The number of hydrogen-bond acceptors (Lipinski definition) is 4. The molecule has 27 heavy (non-hydrogen) atoms. The number of rotatable bonds is 11. The third kappa shape index (κ3) is 8.66. The van der Waals surface area contributed by atoms with Gasteiger partial charge < -0.3 is 15.4 Å². The molecule has 1 rings (SSSR count). The van der Waals surface area contributed by atoms with E-state index in [-0.39, 0.29) is 18.1 Å². The van der Waals surface area contributed by atoms with Crippen LogP contribution in [0.4, 0.5) is 4.39 Å². The van der Waals surface area contributed by atoms with Gasteiger partial charge in [-0.1, -0.05) is 44.7 Å². The number of benzene rings is 1. The predicted molar refractivity (Wildman–Crippen MR) is 100 cm³/mol. The van der Waals surface area contributed by atoms with Crippen LogP contribution >= 0.6 is 0 Å². The minimum Gasteiger partial charge on any atom is -0.467 e. The standard InChI is InChI=1S/C20H29FN2O4/c1-4-5-6-7-8-17(20(26)27-3)23-19(25)18(22-14(2)24)13-15-9-11-16(21)12-10-15/h9-12,17-18H,4-8,13H2,1-3H3,(H,22,24)(H,23,25)/t17-,18+/m1/s1. The predicted octanol–water partition coefficient (Wildman–Crippen LogP) is 2.50. The van der Waals surface area contributed by atoms with Crippen LogP contribution in [0.5, 0.6) is 0 Å². The van der Waals surface area contributed by atoms with E-state index < -0.39 is 24.0 Å². The molecule has 2 atom stereocenters. The molecule has 1 aromatic carbocycles. The Morgan fingerprint density at radius 1 is 1.04 bits per heavy atom. The highest BCUT2D eigenvalue weighted by Crippen LogP contribution is 2.09. The number of esters is 1. The molecule has 0 fully saturated rings. The number of carbonyl (C=O) groups excluding carboxylic acids is 3. The first-order valence-corrected chi connectivity index (χ1v) is 9.27. The summed E-state index contributed by atoms with van der Waals surface area (Å²) < 4.78 is 17.8. The summed E-state index contributed by atoms with van der Waals surface area (Å²) in [6.07, 6.45) is 4.54. The van der Waals surface area contributed by atoms with Gasteiger partial charge in [-0.3, -0.25) is 9.59 Å². The molecule has 0 aromatic heterocycles. The van der Waals surface area contributed by atoms with E-state index >= 15 is 0 Å². The fourth-order valence-electron chi connectivity index (χ4n) is 2.75. The molecule has 0 spiro atoms. The van der Waals surface area contributed by atoms with Crippen LogP contribution in [0.3, 0.4) is 0 Å². The second-order valence-electron chi connectivity index (χ2n) is 6.52. The van der Waals surface area contributed by atoms with Gasteiger partial charge in [0.15, 0.2) is 0 Å². The highest BCUT2D eigenvalue weighted by Gasteiger charge is 2.26. The molecule has 1 aromatic rings. The SMILES string of the molecule is CCCCCC[C@@H](NC(=O)[C@H](Cc1ccc(F)cc1)NC(C)=O)C(=O)OC. The fourth-order valence-corrected chi connectivity index (χ4v) is 2.75. The van der Waals surface area contributed by atoms with E-state index in [0.717, 1.165) is 25.7 Å². The van der Waals surface area contributed by atoms with E-state index in [1.807, 2.05) is 0 Å². The molecule has 0 saturated carbocycles. The maximum absolute atomic E-state index is 13.1. The van der Waals surface area contributed by atoms with E-state index in [0.29, 0.717) is 12.0 Å². The fraction of sp³-hybridized carbons (Fsp3) is 0.550. The number of methoxy groups -OCH3 is 1. The van der Waals surface area contributed by atoms with Crippen molar-refractivity contribution in [3.63, 3.8) is 0 Å². The molecule has 0 aliphatic heterocycles. The zero-order valence-electron chi connectivity index (χ0n) is 16.2. The number of ether oxygens (including phenoxy) is 1. The Morgan fingerprint density at radius 2 is 1.70 bits per heavy atom. The second-order valence-corrected chi connectivity index (χ2v) is 6.52. The molecule has 2 amide bonds. The third-order valence-electron chi connectivity index (χ3n) is 4.20. The number of halogens is 1. The monoisotopic (exact) mass is 380 g/mol. The zero-order chi connectivity index (χ0) is 20.2. The Hall–Kier alpha value is -2.44. The van der Waals surface area contributed by atoms with E-state index in [2.05, 4.69) is 17.6 Å². The lowest BCUT2D eigenvalue weighted by Gasteiger charge is -2.22. The van der Waals surface area contributed by atoms with Crippen molar-refractivity contribution in [2.45, 2.75) is 64.5 Å². The van der Waals surface area contributed by atoms with Crippen molar-refractivity contribution in [1.82, 2.24) is 10.6 Å². The molecule has 0 bridgehead atoms. The summed E-state index contributed by atoms with van der Waals surface area (Å²) in [5.74, 6) is -1.73. The highest BCUT2D eigenvalue weighted by molar-refractivity contribution is 5.90. The summed E-state index contributed by atoms with van der Waals surface area (Å²) in [4.78, 5) is 36.1. The average molecular weight is 380 g/mol. The van der Waals surface area contributed by atoms with Crippen molar-refractivity contribution in [2.24, 2.45) is 0 Å². The van der Waals surface area contributed by atoms with Crippen molar-refractivity contribution in [3.8, 4) is 0 Å². The smallest absolute Gasteiger partial charge is 0.328 e. The lowest BCUT2D eigenvalue weighted by atomic mass is 10.0. The molecular weight excluding hydrogens is 351 g/mol. The Bertz CT molecular complexity index is 619. The van der Waals surface area contributed by atoms with Crippen LogP contribution in [0.1, 0.15) is 51.5 Å². The van der Waals surface area contributed by atoms with Crippen LogP contribution in [-0.4, -0.2) is 37.0 Å². The van der Waals surface area contributed by atoms with Crippen molar-refractivity contribution in [2.75, 3.05) is 7.11 Å². The van der Waals surface area contributed by atoms with Crippen molar-refractivity contribution in [1.29, 1.82) is 0 Å². The molecule has 2 N–H and O–H groups in total. The van der Waals surface area contributed by atoms with Crippen molar-refractivity contribution in [3.05, 3.63) is 35.6 Å². The third-order valence-corrected chi connectivity index (χ3v) is 4.20. The Labute approximate surface area is 159 Å². The van der Waals surface area contributed by atoms with Gasteiger partial charge in [0.25, 0.3) is 0 Å². The summed E-state index contributed by atoms with van der Waals surface area (Å²) in [5, 5.41) is 5.26. The first-order chi connectivity index (χ1) is 12.9. The van der Waals surface area contributed by atoms with Gasteiger partial charge in [0.1, 0.15) is 17.9 Å². The molecule has 0 aliphatic carbocycles. The van der Waals surface area contributed by atoms with E-state index in [1.54, 1.807) is 12.1 Å². The van der Waals surface area contributed by atoms with Crippen LogP contribution in [0.15, 0.2) is 24.3 Å². The van der Waals surface area contributed by atoms with E-state index in [9.17, 15) is 18.8 Å². The van der Waals surface area contributed by atoms with Crippen LogP contribution in [-0.2, 0) is 25.5 Å². The summed E-state index contributed by atoms with van der Waals surface area (Å²) in [6.45, 7) is 3.40. The van der Waals surface area contributed by atoms with Crippen LogP contribution in [0.25, 0.3) is 0 Å². The molecule has 0 aliphatic rings. The average Bonchev–Trinajstić information content (AvgIpc) is 2.64. The van der Waals surface area contributed by atoms with E-state index in [4.69, 9.17) is 4.74 Å². The first-order valence-electron chi connectivity index (χ1n) is 9.27. The van der Waals surface area contributed by atoms with Gasteiger partial charge in [0.2, 0.25) is 11.8 Å². The Morgan fingerprint density at radius 3 is 2.26 bits per heavy atom. The number of hydrogen-bond donors (Lipinski definition) is 2. The lowest BCUT2D eigenvalue weighted by Crippen LogP contribution is -2.52. The van der Waals surface area contributed by atoms with Gasteiger partial charge in [-0.15, -0.1) is 0 Å². The van der Waals surface area contributed by atoms with Crippen LogP contribution in [0, 0.1) is 5.82 Å². The van der Waals surface area contributed by atoms with Crippen molar-refractivity contribution < 1.29 is 23.5 Å². The summed E-state index contributed by atoms with van der Waals surface area (Å²) in [6, 6.07) is 4.08. The van der Waals surface area contributed by atoms with Gasteiger partial charge in [-0.25, -0.2) is 9.18 Å². The Kier molecular flexibility index (Phi) is 10.1. The van der Waals surface area contributed by atoms with Crippen molar-refractivity contribution >= 4 is 17.8 Å². The molecule has 0 radical (unpaired) electrons. The normalized spacial score (nSPS) is 12.7. The molecule has 6 nitrogen and oxygen atoms in total. The van der Waals surface area contributed by atoms with Gasteiger partial charge in [-0.2, -0.15) is 0 Å². The second kappa shape index (κ2) is 12.0. The molecule has 0 saturated heterocycles. The Balaban J connectivity index is 2.79. The summed E-state index contributed by atoms with van der Waals surface area (Å²) in [7, 11) is 1.28. The summed E-state index contributed by atoms with van der Waals surface area (Å²) in [5.41, 5.74) is 0.697. The summed E-state index contributed by atoms with van der Waals surface area (Å²) >= 11 is 0. The minimum absolute atomic E-state index is 0.190. The van der Waals surface area contributed by atoms with Gasteiger partial charge in [0, 0.05) is 13.3 Å². The molecular formula is C20H29FN2O4. The zero-order valence-corrected chi connectivity index (χ0v) is 16.2. The van der Waals surface area contributed by atoms with Crippen LogP contribution in [0.2, 0.25) is 0 Å². The maximum Gasteiger partial charge on any atom is 0.328 e. The van der Waals surface area contributed by atoms with Gasteiger partial charge >= 0.3 is 5.97 Å². The molecule has 0 unspecified atom stereocenters. The topological polar surface area (TPSA) is 84.5 Å². The first kappa shape index (κ1) is 22.6. The minimum atomic E-state index is -0.865. The molecule has 150 valence electrons. The lowest BCUT2D eigenvalue weighted by molar-refractivity contribution is -0.145. The molecule has 7 heteroatoms. The number of carbonyl (C=O) groups is 3. The van der Waals surface area contributed by atoms with Crippen LogP contribution < -0.4 is 10.6 Å². The number of amides is 2. The number of unbranched alkanes of at least 4 members (excludes halogenated alkanes) is 3. The van der Waals surface area contributed by atoms with E-state index in [1.165, 1.54) is 26.2 Å². The quantitative estimate of drug-likeness (QED) is 0.456. The maximum atomic E-state index is 13.1. The largest absolute Gasteiger partial charge is 0.467 e. The number of nitrogens with one attached hydrogen (secondary N) is 2.